The molecule has 0 saturated carbocycles. The first kappa shape index (κ1) is 15.7. The number of amides is 1. The Kier molecular flexibility index (Phi) is 7.72. The molecule has 0 spiro atoms. The van der Waals surface area contributed by atoms with Gasteiger partial charge in [-0.15, -0.1) is 12.4 Å². The van der Waals surface area contributed by atoms with Gasteiger partial charge in [-0.1, -0.05) is 6.92 Å². The second-order valence-corrected chi connectivity index (χ2v) is 3.92. The Bertz CT molecular complexity index is 206. The lowest BCUT2D eigenvalue weighted by Gasteiger charge is -2.26. The summed E-state index contributed by atoms with van der Waals surface area (Å²) in [6.45, 7) is 6.87. The van der Waals surface area contributed by atoms with Crippen LogP contribution >= 0.6 is 12.4 Å². The normalized spacial score (nSPS) is 23.9. The Morgan fingerprint density at radius 2 is 2.25 bits per heavy atom. The summed E-state index contributed by atoms with van der Waals surface area (Å²) in [5.74, 6) is 0.127. The van der Waals surface area contributed by atoms with Gasteiger partial charge in [0, 0.05) is 13.2 Å². The lowest BCUT2D eigenvalue weighted by atomic mass is 9.93. The van der Waals surface area contributed by atoms with Gasteiger partial charge in [-0.3, -0.25) is 4.79 Å². The molecule has 0 aromatic rings. The topological polar surface area (TPSA) is 50.4 Å². The molecule has 1 saturated heterocycles. The first-order chi connectivity index (χ1) is 7.25. The monoisotopic (exact) mass is 250 g/mol. The first-order valence-electron chi connectivity index (χ1n) is 5.86. The molecule has 1 unspecified atom stereocenters. The van der Waals surface area contributed by atoms with Gasteiger partial charge in [0.05, 0.1) is 12.1 Å². The lowest BCUT2D eigenvalue weighted by Crippen LogP contribution is -2.53. The number of rotatable bonds is 6. The van der Waals surface area contributed by atoms with Crippen LogP contribution < -0.4 is 10.6 Å². The third-order valence-corrected chi connectivity index (χ3v) is 3.02. The molecule has 5 heteroatoms. The molecule has 0 bridgehead atoms. The lowest BCUT2D eigenvalue weighted by molar-refractivity contribution is -0.127. The molecule has 0 aliphatic carbocycles. The van der Waals surface area contributed by atoms with E-state index in [2.05, 4.69) is 17.6 Å². The average molecular weight is 251 g/mol. The number of halogens is 1. The maximum absolute atomic E-state index is 11.9. The van der Waals surface area contributed by atoms with Gasteiger partial charge in [0.15, 0.2) is 0 Å². The van der Waals surface area contributed by atoms with Crippen molar-refractivity contribution in [3.05, 3.63) is 0 Å². The summed E-state index contributed by atoms with van der Waals surface area (Å²) in [7, 11) is 0. The van der Waals surface area contributed by atoms with Crippen LogP contribution in [0.2, 0.25) is 0 Å². The third-order valence-electron chi connectivity index (χ3n) is 3.02. The first-order valence-corrected chi connectivity index (χ1v) is 5.86. The molecule has 1 aliphatic heterocycles. The highest BCUT2D eigenvalue weighted by atomic mass is 35.5. The molecule has 0 radical (unpaired) electrons. The van der Waals surface area contributed by atoms with Crippen LogP contribution in [0.1, 0.15) is 33.1 Å². The number of ether oxygens (including phenoxy) is 1. The van der Waals surface area contributed by atoms with Crippen molar-refractivity contribution in [1.82, 2.24) is 10.6 Å². The van der Waals surface area contributed by atoms with Crippen molar-refractivity contribution in [1.29, 1.82) is 0 Å². The third kappa shape index (κ3) is 3.92. The van der Waals surface area contributed by atoms with Crippen molar-refractivity contribution in [3.63, 3.8) is 0 Å². The Hall–Kier alpha value is -0.320. The molecule has 1 aliphatic rings. The van der Waals surface area contributed by atoms with E-state index in [1.807, 2.05) is 6.92 Å². The van der Waals surface area contributed by atoms with Crippen LogP contribution in [0, 0.1) is 0 Å². The largest absolute Gasteiger partial charge is 0.380 e. The molecule has 96 valence electrons. The van der Waals surface area contributed by atoms with E-state index in [1.54, 1.807) is 0 Å². The SMILES string of the molecule is CCOCCNC(=O)C1(CC)CCCN1.Cl. The molecular weight excluding hydrogens is 228 g/mol. The Labute approximate surface area is 104 Å². The van der Waals surface area contributed by atoms with Crippen molar-refractivity contribution in [3.8, 4) is 0 Å². The van der Waals surface area contributed by atoms with Crippen LogP contribution in [0.5, 0.6) is 0 Å². The fourth-order valence-corrected chi connectivity index (χ4v) is 2.01. The van der Waals surface area contributed by atoms with E-state index < -0.39 is 0 Å². The highest BCUT2D eigenvalue weighted by Gasteiger charge is 2.38. The molecule has 1 rings (SSSR count). The fourth-order valence-electron chi connectivity index (χ4n) is 2.01. The summed E-state index contributed by atoms with van der Waals surface area (Å²) in [6.07, 6.45) is 2.89. The van der Waals surface area contributed by atoms with Gasteiger partial charge >= 0.3 is 0 Å². The summed E-state index contributed by atoms with van der Waals surface area (Å²) >= 11 is 0. The van der Waals surface area contributed by atoms with Gasteiger partial charge in [-0.2, -0.15) is 0 Å². The Morgan fingerprint density at radius 3 is 2.75 bits per heavy atom. The second kappa shape index (κ2) is 7.87. The van der Waals surface area contributed by atoms with E-state index in [0.29, 0.717) is 19.8 Å². The molecule has 0 aromatic carbocycles. The zero-order chi connectivity index (χ0) is 11.1. The van der Waals surface area contributed by atoms with Crippen LogP contribution in [0.4, 0.5) is 0 Å². The minimum Gasteiger partial charge on any atom is -0.380 e. The van der Waals surface area contributed by atoms with Gasteiger partial charge in [-0.05, 0) is 32.7 Å². The maximum atomic E-state index is 11.9. The van der Waals surface area contributed by atoms with Gasteiger partial charge < -0.3 is 15.4 Å². The van der Waals surface area contributed by atoms with Crippen LogP contribution in [0.25, 0.3) is 0 Å². The summed E-state index contributed by atoms with van der Waals surface area (Å²) in [5.41, 5.74) is -0.313. The second-order valence-electron chi connectivity index (χ2n) is 3.92. The summed E-state index contributed by atoms with van der Waals surface area (Å²) in [5, 5.41) is 6.23. The minimum atomic E-state index is -0.313. The van der Waals surface area contributed by atoms with Gasteiger partial charge in [0.25, 0.3) is 0 Å². The highest BCUT2D eigenvalue weighted by molar-refractivity contribution is 5.86. The maximum Gasteiger partial charge on any atom is 0.240 e. The number of carbonyl (C=O) groups is 1. The molecule has 1 heterocycles. The molecular formula is C11H23ClN2O2. The molecule has 1 fully saturated rings. The van der Waals surface area contributed by atoms with Crippen LogP contribution in [0.3, 0.4) is 0 Å². The van der Waals surface area contributed by atoms with Gasteiger partial charge in [0.2, 0.25) is 5.91 Å². The number of carbonyl (C=O) groups excluding carboxylic acids is 1. The minimum absolute atomic E-state index is 0. The van der Waals surface area contributed by atoms with Crippen molar-refractivity contribution < 1.29 is 9.53 Å². The zero-order valence-corrected chi connectivity index (χ0v) is 11.0. The van der Waals surface area contributed by atoms with Gasteiger partial charge in [0.1, 0.15) is 0 Å². The molecule has 1 amide bonds. The Balaban J connectivity index is 0.00000225. The summed E-state index contributed by atoms with van der Waals surface area (Å²) in [4.78, 5) is 11.9. The molecule has 4 nitrogen and oxygen atoms in total. The van der Waals surface area contributed by atoms with Crippen molar-refractivity contribution in [2.75, 3.05) is 26.3 Å². The fraction of sp³-hybridized carbons (Fsp3) is 0.909. The van der Waals surface area contributed by atoms with Crippen molar-refractivity contribution in [2.45, 2.75) is 38.6 Å². The standard InChI is InChI=1S/C11H22N2O2.ClH/c1-3-11(6-5-7-13-11)10(14)12-8-9-15-4-2;/h13H,3-9H2,1-2H3,(H,12,14);1H. The summed E-state index contributed by atoms with van der Waals surface area (Å²) < 4.78 is 5.18. The molecule has 16 heavy (non-hydrogen) atoms. The van der Waals surface area contributed by atoms with Crippen molar-refractivity contribution >= 4 is 18.3 Å². The van der Waals surface area contributed by atoms with Gasteiger partial charge in [-0.25, -0.2) is 0 Å². The van der Waals surface area contributed by atoms with E-state index in [4.69, 9.17) is 4.74 Å². The number of hydrogen-bond acceptors (Lipinski definition) is 3. The van der Waals surface area contributed by atoms with Crippen LogP contribution in [-0.2, 0) is 9.53 Å². The van der Waals surface area contributed by atoms with Crippen molar-refractivity contribution in [2.24, 2.45) is 0 Å². The number of hydrogen-bond donors (Lipinski definition) is 2. The predicted octanol–water partition coefficient (Wildman–Crippen LogP) is 1.09. The van der Waals surface area contributed by atoms with Crippen LogP contribution in [0.15, 0.2) is 0 Å². The summed E-state index contributed by atoms with van der Waals surface area (Å²) in [6, 6.07) is 0. The smallest absolute Gasteiger partial charge is 0.240 e. The van der Waals surface area contributed by atoms with E-state index in [1.165, 1.54) is 0 Å². The van der Waals surface area contributed by atoms with E-state index in [-0.39, 0.29) is 23.9 Å². The predicted molar refractivity (Wildman–Crippen MR) is 67.0 cm³/mol. The quantitative estimate of drug-likeness (QED) is 0.694. The number of nitrogens with one attached hydrogen (secondary N) is 2. The van der Waals surface area contributed by atoms with E-state index in [0.717, 1.165) is 25.8 Å². The Morgan fingerprint density at radius 1 is 1.50 bits per heavy atom. The molecule has 0 aromatic heterocycles. The highest BCUT2D eigenvalue weighted by Crippen LogP contribution is 2.22. The molecule has 2 N–H and O–H groups in total. The average Bonchev–Trinajstić information content (AvgIpc) is 2.74. The van der Waals surface area contributed by atoms with Crippen LogP contribution in [-0.4, -0.2) is 37.7 Å². The zero-order valence-electron chi connectivity index (χ0n) is 10.2. The van der Waals surface area contributed by atoms with E-state index in [9.17, 15) is 4.79 Å². The van der Waals surface area contributed by atoms with E-state index >= 15 is 0 Å². The molecule has 1 atom stereocenters.